The van der Waals surface area contributed by atoms with Crippen LogP contribution in [-0.2, 0) is 13.2 Å². The van der Waals surface area contributed by atoms with Crippen molar-refractivity contribution in [2.45, 2.75) is 20.1 Å². The summed E-state index contributed by atoms with van der Waals surface area (Å²) in [5.41, 5.74) is 2.04. The maximum absolute atomic E-state index is 9.42. The van der Waals surface area contributed by atoms with Crippen LogP contribution in [0, 0.1) is 11.3 Å². The molecule has 0 saturated heterocycles. The molecule has 2 rings (SSSR count). The van der Waals surface area contributed by atoms with Crippen molar-refractivity contribution < 1.29 is 14.6 Å². The van der Waals surface area contributed by atoms with Crippen molar-refractivity contribution in [2.24, 2.45) is 0 Å². The van der Waals surface area contributed by atoms with Gasteiger partial charge in [-0.3, -0.25) is 0 Å². The van der Waals surface area contributed by atoms with Gasteiger partial charge in [0.1, 0.15) is 6.61 Å². The van der Waals surface area contributed by atoms with Crippen LogP contribution in [0.4, 0.5) is 0 Å². The molecule has 0 aliphatic heterocycles. The topological polar surface area (TPSA) is 62.5 Å². The Morgan fingerprint density at radius 2 is 1.81 bits per heavy atom. The molecular formula is C17H17NO3. The molecule has 0 aromatic heterocycles. The number of benzene rings is 2. The van der Waals surface area contributed by atoms with E-state index in [9.17, 15) is 5.11 Å². The fraction of sp³-hybridized carbons (Fsp3) is 0.235. The Labute approximate surface area is 124 Å². The molecule has 0 spiro atoms. The fourth-order valence-corrected chi connectivity index (χ4v) is 2.02. The van der Waals surface area contributed by atoms with Gasteiger partial charge in [0.15, 0.2) is 11.5 Å². The largest absolute Gasteiger partial charge is 0.490 e. The van der Waals surface area contributed by atoms with Crippen LogP contribution in [0.15, 0.2) is 42.5 Å². The molecule has 0 fully saturated rings. The van der Waals surface area contributed by atoms with Gasteiger partial charge in [-0.05, 0) is 19.1 Å². The van der Waals surface area contributed by atoms with Crippen molar-refractivity contribution >= 4 is 0 Å². The molecule has 2 aromatic carbocycles. The monoisotopic (exact) mass is 283 g/mol. The quantitative estimate of drug-likeness (QED) is 0.885. The number of nitriles is 1. The van der Waals surface area contributed by atoms with Crippen LogP contribution in [0.2, 0.25) is 0 Å². The summed E-state index contributed by atoms with van der Waals surface area (Å²) in [5.74, 6) is 1.12. The predicted octanol–water partition coefficient (Wildman–Crippen LogP) is 3.03. The fourth-order valence-electron chi connectivity index (χ4n) is 2.02. The highest BCUT2D eigenvalue weighted by Gasteiger charge is 2.11. The molecule has 0 saturated carbocycles. The lowest BCUT2D eigenvalue weighted by molar-refractivity contribution is 0.243. The number of hydrogen-bond donors (Lipinski definition) is 1. The molecule has 0 amide bonds. The molecule has 1 N–H and O–H groups in total. The summed E-state index contributed by atoms with van der Waals surface area (Å²) < 4.78 is 11.3. The Morgan fingerprint density at radius 1 is 1.05 bits per heavy atom. The lowest BCUT2D eigenvalue weighted by Gasteiger charge is -2.15. The van der Waals surface area contributed by atoms with Crippen LogP contribution in [0.1, 0.15) is 23.6 Å². The minimum absolute atomic E-state index is 0.129. The van der Waals surface area contributed by atoms with Gasteiger partial charge >= 0.3 is 0 Å². The molecule has 108 valence electrons. The molecule has 2 aromatic rings. The highest BCUT2D eigenvalue weighted by atomic mass is 16.5. The summed E-state index contributed by atoms with van der Waals surface area (Å²) in [6.45, 7) is 2.53. The van der Waals surface area contributed by atoms with Gasteiger partial charge in [-0.25, -0.2) is 0 Å². The van der Waals surface area contributed by atoms with Crippen molar-refractivity contribution in [3.8, 4) is 17.6 Å². The van der Waals surface area contributed by atoms with Crippen molar-refractivity contribution in [3.05, 3.63) is 59.2 Å². The first-order valence-corrected chi connectivity index (χ1v) is 6.76. The zero-order valence-corrected chi connectivity index (χ0v) is 11.9. The smallest absolute Gasteiger partial charge is 0.167 e. The van der Waals surface area contributed by atoms with E-state index in [-0.39, 0.29) is 13.2 Å². The Hall–Kier alpha value is -2.51. The summed E-state index contributed by atoms with van der Waals surface area (Å²) in [6, 6.07) is 14.8. The second-order valence-corrected chi connectivity index (χ2v) is 4.39. The Morgan fingerprint density at radius 3 is 2.52 bits per heavy atom. The Kier molecular flexibility index (Phi) is 5.19. The van der Waals surface area contributed by atoms with Gasteiger partial charge < -0.3 is 14.6 Å². The van der Waals surface area contributed by atoms with E-state index in [1.165, 1.54) is 0 Å². The summed E-state index contributed by atoms with van der Waals surface area (Å²) in [5, 5.41) is 18.5. The van der Waals surface area contributed by atoms with Gasteiger partial charge in [-0.2, -0.15) is 5.26 Å². The molecule has 0 radical (unpaired) electrons. The zero-order valence-electron chi connectivity index (χ0n) is 11.9. The second-order valence-electron chi connectivity index (χ2n) is 4.39. The highest BCUT2D eigenvalue weighted by Crippen LogP contribution is 2.32. The molecule has 4 heteroatoms. The molecule has 0 heterocycles. The van der Waals surface area contributed by atoms with Gasteiger partial charge in [0.05, 0.1) is 24.8 Å². The number of nitrogens with zero attached hydrogens (tertiary/aromatic N) is 1. The maximum Gasteiger partial charge on any atom is 0.167 e. The summed E-state index contributed by atoms with van der Waals surface area (Å²) in [6.07, 6.45) is 0. The van der Waals surface area contributed by atoms with Gasteiger partial charge in [-0.15, -0.1) is 0 Å². The van der Waals surface area contributed by atoms with Crippen molar-refractivity contribution in [3.63, 3.8) is 0 Å². The van der Waals surface area contributed by atoms with Crippen LogP contribution >= 0.6 is 0 Å². The van der Waals surface area contributed by atoms with Gasteiger partial charge in [-0.1, -0.05) is 30.3 Å². The van der Waals surface area contributed by atoms with Crippen LogP contribution in [0.25, 0.3) is 0 Å². The normalized spacial score (nSPS) is 9.95. The van der Waals surface area contributed by atoms with E-state index >= 15 is 0 Å². The summed E-state index contributed by atoms with van der Waals surface area (Å²) >= 11 is 0. The Balaban J connectivity index is 2.25. The maximum atomic E-state index is 9.42. The zero-order chi connectivity index (χ0) is 15.1. The lowest BCUT2D eigenvalue weighted by atomic mass is 10.1. The number of ether oxygens (including phenoxy) is 2. The van der Waals surface area contributed by atoms with E-state index in [1.54, 1.807) is 18.2 Å². The third-order valence-corrected chi connectivity index (χ3v) is 3.04. The summed E-state index contributed by atoms with van der Waals surface area (Å²) in [7, 11) is 0. The first-order chi connectivity index (χ1) is 10.3. The van der Waals surface area contributed by atoms with E-state index in [1.807, 2.05) is 31.2 Å². The third-order valence-electron chi connectivity index (χ3n) is 3.04. The number of para-hydroxylation sites is 1. The van der Waals surface area contributed by atoms with E-state index < -0.39 is 0 Å². The van der Waals surface area contributed by atoms with E-state index in [4.69, 9.17) is 14.7 Å². The van der Waals surface area contributed by atoms with Gasteiger partial charge in [0, 0.05) is 11.1 Å². The first-order valence-electron chi connectivity index (χ1n) is 6.76. The third kappa shape index (κ3) is 3.53. The van der Waals surface area contributed by atoms with Crippen molar-refractivity contribution in [1.29, 1.82) is 5.26 Å². The average molecular weight is 283 g/mol. The number of aliphatic hydroxyl groups is 1. The minimum Gasteiger partial charge on any atom is -0.490 e. The molecule has 0 atom stereocenters. The minimum atomic E-state index is -0.129. The van der Waals surface area contributed by atoms with E-state index in [0.717, 1.165) is 5.56 Å². The SMILES string of the molecule is CCOc1cccc(CO)c1OCc1ccccc1C#N. The number of rotatable bonds is 6. The standard InChI is InChI=1S/C17H17NO3/c1-2-20-16-9-5-8-14(11-19)17(16)21-12-15-7-4-3-6-13(15)10-18/h3-9,19H,2,11-12H2,1H3. The van der Waals surface area contributed by atoms with Crippen molar-refractivity contribution in [1.82, 2.24) is 0 Å². The van der Waals surface area contributed by atoms with Crippen molar-refractivity contribution in [2.75, 3.05) is 6.61 Å². The second kappa shape index (κ2) is 7.32. The summed E-state index contributed by atoms with van der Waals surface area (Å²) in [4.78, 5) is 0. The molecule has 21 heavy (non-hydrogen) atoms. The van der Waals surface area contributed by atoms with E-state index in [2.05, 4.69) is 6.07 Å². The molecule has 0 bridgehead atoms. The van der Waals surface area contributed by atoms with Gasteiger partial charge in [0.25, 0.3) is 0 Å². The molecule has 0 aliphatic rings. The Bertz CT molecular complexity index is 647. The van der Waals surface area contributed by atoms with E-state index in [0.29, 0.717) is 29.2 Å². The highest BCUT2D eigenvalue weighted by molar-refractivity contribution is 5.47. The molecule has 0 aliphatic carbocycles. The average Bonchev–Trinajstić information content (AvgIpc) is 2.54. The van der Waals surface area contributed by atoms with Crippen LogP contribution in [-0.4, -0.2) is 11.7 Å². The van der Waals surface area contributed by atoms with Gasteiger partial charge in [0.2, 0.25) is 0 Å². The predicted molar refractivity (Wildman–Crippen MR) is 79.0 cm³/mol. The molecule has 0 unspecified atom stereocenters. The lowest BCUT2D eigenvalue weighted by Crippen LogP contribution is -2.03. The number of hydrogen-bond acceptors (Lipinski definition) is 4. The first kappa shape index (κ1) is 14.9. The van der Waals surface area contributed by atoms with Crippen LogP contribution < -0.4 is 9.47 Å². The van der Waals surface area contributed by atoms with Crippen LogP contribution in [0.3, 0.4) is 0 Å². The molecular weight excluding hydrogens is 266 g/mol. The molecule has 4 nitrogen and oxygen atoms in total. The number of aliphatic hydroxyl groups excluding tert-OH is 1. The van der Waals surface area contributed by atoms with Crippen LogP contribution in [0.5, 0.6) is 11.5 Å².